The van der Waals surface area contributed by atoms with Crippen molar-refractivity contribution in [1.82, 2.24) is 15.3 Å². The maximum absolute atomic E-state index is 12.1. The second-order valence-corrected chi connectivity index (χ2v) is 4.99. The normalized spacial score (nSPS) is 16.5. The van der Waals surface area contributed by atoms with E-state index in [1.807, 2.05) is 24.4 Å². The van der Waals surface area contributed by atoms with E-state index in [0.29, 0.717) is 6.54 Å². The number of para-hydroxylation sites is 1. The average molecular weight is 270 g/mol. The van der Waals surface area contributed by atoms with E-state index in [1.54, 1.807) is 6.20 Å². The van der Waals surface area contributed by atoms with Crippen LogP contribution in [0.15, 0.2) is 36.7 Å². The molecule has 0 aliphatic carbocycles. The molecule has 1 unspecified atom stereocenters. The first-order valence-corrected chi connectivity index (χ1v) is 6.93. The lowest BCUT2D eigenvalue weighted by Gasteiger charge is -2.11. The zero-order chi connectivity index (χ0) is 13.8. The fourth-order valence-corrected chi connectivity index (χ4v) is 2.48. The summed E-state index contributed by atoms with van der Waals surface area (Å²) in [4.78, 5) is 19.3. The largest absolute Gasteiger partial charge is 0.373 e. The van der Waals surface area contributed by atoms with Gasteiger partial charge in [0.15, 0.2) is 0 Å². The number of rotatable bonds is 5. The molecule has 1 aliphatic rings. The molecular weight excluding hydrogens is 252 g/mol. The Morgan fingerprint density at radius 3 is 3.10 bits per heavy atom. The first kappa shape index (κ1) is 12.7. The van der Waals surface area contributed by atoms with Gasteiger partial charge < -0.3 is 15.6 Å². The second-order valence-electron chi connectivity index (χ2n) is 4.99. The number of aryl methyl sites for hydroxylation is 1. The lowest BCUT2D eigenvalue weighted by molar-refractivity contribution is -0.121. The van der Waals surface area contributed by atoms with Crippen molar-refractivity contribution >= 4 is 11.6 Å². The van der Waals surface area contributed by atoms with E-state index in [4.69, 9.17) is 0 Å². The van der Waals surface area contributed by atoms with E-state index in [9.17, 15) is 4.79 Å². The minimum atomic E-state index is -0.143. The smallest absolute Gasteiger partial charge is 0.242 e. The molecule has 0 saturated carbocycles. The number of imidazole rings is 1. The number of hydrogen-bond donors (Lipinski definition) is 3. The summed E-state index contributed by atoms with van der Waals surface area (Å²) in [6, 6.07) is 7.92. The molecule has 0 radical (unpaired) electrons. The fraction of sp³-hybridized carbons (Fsp3) is 0.333. The van der Waals surface area contributed by atoms with Gasteiger partial charge in [-0.1, -0.05) is 18.2 Å². The fourth-order valence-electron chi connectivity index (χ4n) is 2.48. The first-order chi connectivity index (χ1) is 9.83. The summed E-state index contributed by atoms with van der Waals surface area (Å²) < 4.78 is 0. The van der Waals surface area contributed by atoms with E-state index < -0.39 is 0 Å². The molecule has 5 nitrogen and oxygen atoms in total. The van der Waals surface area contributed by atoms with Crippen molar-refractivity contribution in [3.05, 3.63) is 48.0 Å². The highest BCUT2D eigenvalue weighted by molar-refractivity contribution is 5.87. The van der Waals surface area contributed by atoms with Crippen LogP contribution in [0.2, 0.25) is 0 Å². The van der Waals surface area contributed by atoms with Gasteiger partial charge in [0.2, 0.25) is 5.91 Å². The summed E-state index contributed by atoms with van der Waals surface area (Å²) >= 11 is 0. The van der Waals surface area contributed by atoms with E-state index in [0.717, 1.165) is 30.8 Å². The van der Waals surface area contributed by atoms with Crippen LogP contribution in [-0.4, -0.2) is 28.5 Å². The molecule has 0 bridgehead atoms. The second kappa shape index (κ2) is 5.77. The van der Waals surface area contributed by atoms with Crippen LogP contribution >= 0.6 is 0 Å². The number of amides is 1. The summed E-state index contributed by atoms with van der Waals surface area (Å²) in [5, 5.41) is 6.24. The molecule has 0 saturated heterocycles. The topological polar surface area (TPSA) is 69.8 Å². The van der Waals surface area contributed by atoms with Crippen molar-refractivity contribution in [2.75, 3.05) is 11.9 Å². The Bertz CT molecular complexity index is 554. The predicted octanol–water partition coefficient (Wildman–Crippen LogP) is 1.50. The number of hydrogen-bond acceptors (Lipinski definition) is 3. The van der Waals surface area contributed by atoms with Gasteiger partial charge in [-0.15, -0.1) is 0 Å². The standard InChI is InChI=1S/C15H18N4O/c20-15(18-7-3-6-14-16-8-9-17-14)13-10-11-4-1-2-5-12(11)19-13/h1-2,4-5,8-9,13,19H,3,6-7,10H2,(H,16,17)(H,18,20). The summed E-state index contributed by atoms with van der Waals surface area (Å²) in [6.45, 7) is 0.675. The number of benzene rings is 1. The molecule has 1 aromatic carbocycles. The number of carbonyl (C=O) groups is 1. The van der Waals surface area contributed by atoms with Crippen LogP contribution in [-0.2, 0) is 17.6 Å². The lowest BCUT2D eigenvalue weighted by Crippen LogP contribution is -2.38. The molecular formula is C15H18N4O. The number of aromatic amines is 1. The van der Waals surface area contributed by atoms with Gasteiger partial charge in [0.05, 0.1) is 0 Å². The molecule has 2 aromatic rings. The summed E-state index contributed by atoms with van der Waals surface area (Å²) in [5.74, 6) is 1.03. The van der Waals surface area contributed by atoms with Gasteiger partial charge in [-0.2, -0.15) is 0 Å². The Balaban J connectivity index is 1.42. The number of carbonyl (C=O) groups excluding carboxylic acids is 1. The molecule has 104 valence electrons. The number of H-pyrrole nitrogens is 1. The van der Waals surface area contributed by atoms with E-state index in [2.05, 4.69) is 26.7 Å². The number of nitrogens with one attached hydrogen (secondary N) is 3. The molecule has 1 amide bonds. The van der Waals surface area contributed by atoms with E-state index in [-0.39, 0.29) is 11.9 Å². The van der Waals surface area contributed by atoms with E-state index >= 15 is 0 Å². The highest BCUT2D eigenvalue weighted by atomic mass is 16.2. The average Bonchev–Trinajstić information content (AvgIpc) is 3.12. The molecule has 3 rings (SSSR count). The zero-order valence-electron chi connectivity index (χ0n) is 11.2. The third-order valence-electron chi connectivity index (χ3n) is 3.53. The van der Waals surface area contributed by atoms with Gasteiger partial charge in [0.25, 0.3) is 0 Å². The minimum absolute atomic E-state index is 0.0700. The Hall–Kier alpha value is -2.30. The summed E-state index contributed by atoms with van der Waals surface area (Å²) in [5.41, 5.74) is 2.28. The van der Waals surface area contributed by atoms with Crippen LogP contribution in [0.3, 0.4) is 0 Å². The Kier molecular flexibility index (Phi) is 3.67. The molecule has 1 atom stereocenters. The molecule has 1 aliphatic heterocycles. The van der Waals surface area contributed by atoms with Gasteiger partial charge >= 0.3 is 0 Å². The van der Waals surface area contributed by atoms with Crippen molar-refractivity contribution < 1.29 is 4.79 Å². The molecule has 3 N–H and O–H groups in total. The Labute approximate surface area is 117 Å². The Morgan fingerprint density at radius 2 is 2.30 bits per heavy atom. The highest BCUT2D eigenvalue weighted by Crippen LogP contribution is 2.24. The SMILES string of the molecule is O=C(NCCCc1ncc[nH]1)C1Cc2ccccc2N1. The van der Waals surface area contributed by atoms with Gasteiger partial charge in [0, 0.05) is 37.5 Å². The van der Waals surface area contributed by atoms with Gasteiger partial charge in [0.1, 0.15) is 11.9 Å². The number of nitrogens with zero attached hydrogens (tertiary/aromatic N) is 1. The van der Waals surface area contributed by atoms with Crippen molar-refractivity contribution in [1.29, 1.82) is 0 Å². The van der Waals surface area contributed by atoms with Crippen molar-refractivity contribution in [2.24, 2.45) is 0 Å². The molecule has 5 heteroatoms. The predicted molar refractivity (Wildman–Crippen MR) is 77.5 cm³/mol. The summed E-state index contributed by atoms with van der Waals surface area (Å²) in [7, 11) is 0. The molecule has 0 spiro atoms. The van der Waals surface area contributed by atoms with Crippen molar-refractivity contribution in [3.8, 4) is 0 Å². The van der Waals surface area contributed by atoms with Crippen LogP contribution in [0.1, 0.15) is 17.8 Å². The summed E-state index contributed by atoms with van der Waals surface area (Å²) in [6.07, 6.45) is 6.06. The van der Waals surface area contributed by atoms with Crippen LogP contribution in [0, 0.1) is 0 Å². The third kappa shape index (κ3) is 2.82. The minimum Gasteiger partial charge on any atom is -0.373 e. The van der Waals surface area contributed by atoms with Crippen LogP contribution in [0.5, 0.6) is 0 Å². The number of anilines is 1. The Morgan fingerprint density at radius 1 is 1.40 bits per heavy atom. The van der Waals surface area contributed by atoms with Crippen molar-refractivity contribution in [3.63, 3.8) is 0 Å². The van der Waals surface area contributed by atoms with Crippen molar-refractivity contribution in [2.45, 2.75) is 25.3 Å². The van der Waals surface area contributed by atoms with Gasteiger partial charge in [-0.25, -0.2) is 4.98 Å². The maximum Gasteiger partial charge on any atom is 0.242 e. The first-order valence-electron chi connectivity index (χ1n) is 6.93. The quantitative estimate of drug-likeness (QED) is 0.721. The zero-order valence-corrected chi connectivity index (χ0v) is 11.2. The van der Waals surface area contributed by atoms with Crippen LogP contribution in [0.25, 0.3) is 0 Å². The molecule has 1 aromatic heterocycles. The van der Waals surface area contributed by atoms with Gasteiger partial charge in [-0.05, 0) is 18.1 Å². The number of aromatic nitrogens is 2. The monoisotopic (exact) mass is 270 g/mol. The molecule has 20 heavy (non-hydrogen) atoms. The highest BCUT2D eigenvalue weighted by Gasteiger charge is 2.25. The third-order valence-corrected chi connectivity index (χ3v) is 3.53. The van der Waals surface area contributed by atoms with Crippen LogP contribution < -0.4 is 10.6 Å². The maximum atomic E-state index is 12.1. The van der Waals surface area contributed by atoms with Gasteiger partial charge in [-0.3, -0.25) is 4.79 Å². The van der Waals surface area contributed by atoms with Crippen LogP contribution in [0.4, 0.5) is 5.69 Å². The van der Waals surface area contributed by atoms with E-state index in [1.165, 1.54) is 5.56 Å². The molecule has 0 fully saturated rings. The lowest BCUT2D eigenvalue weighted by atomic mass is 10.1. The molecule has 2 heterocycles. The number of fused-ring (bicyclic) bond motifs is 1.